The van der Waals surface area contributed by atoms with E-state index in [9.17, 15) is 0 Å². The third-order valence-electron chi connectivity index (χ3n) is 6.56. The van der Waals surface area contributed by atoms with Gasteiger partial charge in [0.15, 0.2) is 0 Å². The summed E-state index contributed by atoms with van der Waals surface area (Å²) in [5, 5.41) is 9.99. The highest BCUT2D eigenvalue weighted by molar-refractivity contribution is 5.85. The van der Waals surface area contributed by atoms with Crippen molar-refractivity contribution >= 4 is 24.3 Å². The van der Waals surface area contributed by atoms with Gasteiger partial charge in [0.2, 0.25) is 11.7 Å². The highest BCUT2D eigenvalue weighted by atomic mass is 35.5. The van der Waals surface area contributed by atoms with Crippen LogP contribution >= 0.6 is 12.4 Å². The standard InChI is InChI=1S/C17H21N3O.C14H14O.CH4N2.ClH/c1-4-12(2)13-5-7-14(8-6-13)16-18-17(21-19-16)15-9-10-20(3)11-15;1-15-11-12-6-5-9-14(10-12)13-7-3-2-4-8-13;2-1-3;/h4-8,15H,9-11H2,1-3H3;2-10H,11H2,1H3;1H,(H3,2,3);1H/b12-4+;;;. The first-order valence-corrected chi connectivity index (χ1v) is 13.1. The molecule has 1 fully saturated rings. The number of likely N-dealkylation sites (tertiary alicyclic amines) is 1. The molecule has 0 bridgehead atoms. The molecule has 0 saturated carbocycles. The summed E-state index contributed by atoms with van der Waals surface area (Å²) in [6.07, 6.45) is 3.95. The molecule has 0 amide bonds. The molecule has 40 heavy (non-hydrogen) atoms. The molecule has 1 unspecified atom stereocenters. The summed E-state index contributed by atoms with van der Waals surface area (Å²) in [6, 6.07) is 27.1. The quantitative estimate of drug-likeness (QED) is 0.193. The van der Waals surface area contributed by atoms with Gasteiger partial charge < -0.3 is 19.9 Å². The third kappa shape index (κ3) is 9.45. The van der Waals surface area contributed by atoms with Crippen LogP contribution < -0.4 is 5.73 Å². The van der Waals surface area contributed by atoms with E-state index in [1.54, 1.807) is 7.11 Å². The number of ether oxygens (including phenoxy) is 1. The number of likely N-dealkylation sites (N-methyl/N-ethyl adjacent to an activating group) is 1. The number of allylic oxidation sites excluding steroid dienone is 2. The molecule has 5 rings (SSSR count). The maximum absolute atomic E-state index is 5.86. The molecule has 0 radical (unpaired) electrons. The number of rotatable bonds is 6. The van der Waals surface area contributed by atoms with Crippen molar-refractivity contribution in [1.82, 2.24) is 15.0 Å². The van der Waals surface area contributed by atoms with Gasteiger partial charge in [-0.25, -0.2) is 0 Å². The molecule has 1 aliphatic rings. The van der Waals surface area contributed by atoms with Gasteiger partial charge in [0, 0.05) is 19.2 Å². The highest BCUT2D eigenvalue weighted by Gasteiger charge is 2.26. The summed E-state index contributed by atoms with van der Waals surface area (Å²) in [6.45, 7) is 6.92. The molecule has 1 aromatic heterocycles. The number of nitrogens with zero attached hydrogens (tertiary/aromatic N) is 3. The Morgan fingerprint density at radius 2 is 1.73 bits per heavy atom. The predicted molar refractivity (Wildman–Crippen MR) is 167 cm³/mol. The van der Waals surface area contributed by atoms with Crippen molar-refractivity contribution in [1.29, 1.82) is 5.41 Å². The number of hydrogen-bond donors (Lipinski definition) is 2. The van der Waals surface area contributed by atoms with Crippen molar-refractivity contribution in [2.24, 2.45) is 5.73 Å². The van der Waals surface area contributed by atoms with E-state index >= 15 is 0 Å². The lowest BCUT2D eigenvalue weighted by molar-refractivity contribution is 0.185. The number of benzene rings is 3. The molecule has 8 heteroatoms. The number of nitrogens with one attached hydrogen (secondary N) is 1. The fourth-order valence-corrected chi connectivity index (χ4v) is 4.34. The molecule has 1 saturated heterocycles. The topological polar surface area (TPSA) is 101 Å². The summed E-state index contributed by atoms with van der Waals surface area (Å²) in [7, 11) is 3.84. The summed E-state index contributed by atoms with van der Waals surface area (Å²) >= 11 is 0. The molecular formula is C32H40ClN5O2. The van der Waals surface area contributed by atoms with Gasteiger partial charge in [-0.2, -0.15) is 4.98 Å². The van der Waals surface area contributed by atoms with Crippen LogP contribution in [0.15, 0.2) is 89.5 Å². The highest BCUT2D eigenvalue weighted by Crippen LogP contribution is 2.27. The minimum absolute atomic E-state index is 0. The first-order valence-electron chi connectivity index (χ1n) is 13.1. The van der Waals surface area contributed by atoms with Gasteiger partial charge in [-0.05, 0) is 67.8 Å². The largest absolute Gasteiger partial charge is 0.390 e. The van der Waals surface area contributed by atoms with E-state index in [-0.39, 0.29) is 12.4 Å². The number of nitrogens with two attached hydrogens (primary N) is 1. The van der Waals surface area contributed by atoms with Crippen molar-refractivity contribution in [3.05, 3.63) is 102 Å². The van der Waals surface area contributed by atoms with E-state index in [1.165, 1.54) is 27.8 Å². The molecule has 212 valence electrons. The van der Waals surface area contributed by atoms with Gasteiger partial charge in [-0.15, -0.1) is 12.4 Å². The van der Waals surface area contributed by atoms with E-state index in [2.05, 4.69) is 114 Å². The van der Waals surface area contributed by atoms with Crippen LogP contribution in [-0.4, -0.2) is 48.6 Å². The number of aromatic nitrogens is 2. The first-order chi connectivity index (χ1) is 19.0. The van der Waals surface area contributed by atoms with Gasteiger partial charge in [-0.3, -0.25) is 5.41 Å². The molecule has 2 heterocycles. The van der Waals surface area contributed by atoms with Crippen molar-refractivity contribution < 1.29 is 9.26 Å². The second kappa shape index (κ2) is 17.0. The average Bonchev–Trinajstić information content (AvgIpc) is 3.64. The summed E-state index contributed by atoms with van der Waals surface area (Å²) in [4.78, 5) is 6.87. The van der Waals surface area contributed by atoms with Crippen LogP contribution in [0.4, 0.5) is 0 Å². The molecule has 3 N–H and O–H groups in total. The van der Waals surface area contributed by atoms with Crippen LogP contribution in [-0.2, 0) is 11.3 Å². The molecule has 0 spiro atoms. The average molecular weight is 562 g/mol. The van der Waals surface area contributed by atoms with E-state index in [0.29, 0.717) is 18.3 Å². The predicted octanol–water partition coefficient (Wildman–Crippen LogP) is 7.05. The Morgan fingerprint density at radius 3 is 2.33 bits per heavy atom. The lowest BCUT2D eigenvalue weighted by Gasteiger charge is -2.05. The first kappa shape index (κ1) is 32.4. The minimum atomic E-state index is 0. The lowest BCUT2D eigenvalue weighted by atomic mass is 10.0. The molecule has 1 aliphatic heterocycles. The number of methoxy groups -OCH3 is 1. The van der Waals surface area contributed by atoms with Crippen molar-refractivity contribution in [3.63, 3.8) is 0 Å². The smallest absolute Gasteiger partial charge is 0.231 e. The van der Waals surface area contributed by atoms with Crippen molar-refractivity contribution in [3.8, 4) is 22.5 Å². The van der Waals surface area contributed by atoms with Crippen LogP contribution in [0.3, 0.4) is 0 Å². The zero-order valence-electron chi connectivity index (χ0n) is 23.7. The molecule has 3 aromatic carbocycles. The van der Waals surface area contributed by atoms with Gasteiger partial charge >= 0.3 is 0 Å². The van der Waals surface area contributed by atoms with Crippen LogP contribution in [0.25, 0.3) is 28.1 Å². The Bertz CT molecular complexity index is 1320. The second-order valence-electron chi connectivity index (χ2n) is 9.42. The van der Waals surface area contributed by atoms with Crippen molar-refractivity contribution in [2.75, 3.05) is 27.2 Å². The van der Waals surface area contributed by atoms with E-state index in [0.717, 1.165) is 37.3 Å². The Morgan fingerprint density at radius 1 is 1.05 bits per heavy atom. The van der Waals surface area contributed by atoms with E-state index in [4.69, 9.17) is 14.7 Å². The maximum atomic E-state index is 5.86. The van der Waals surface area contributed by atoms with Crippen LogP contribution in [0.2, 0.25) is 0 Å². The van der Waals surface area contributed by atoms with Gasteiger partial charge in [0.05, 0.1) is 18.9 Å². The van der Waals surface area contributed by atoms with Crippen LogP contribution in [0, 0.1) is 5.41 Å². The molecular weight excluding hydrogens is 522 g/mol. The molecule has 0 aliphatic carbocycles. The molecule has 1 atom stereocenters. The minimum Gasteiger partial charge on any atom is -0.390 e. The Hall–Kier alpha value is -3.78. The fourth-order valence-electron chi connectivity index (χ4n) is 4.34. The Labute approximate surface area is 244 Å². The normalized spacial score (nSPS) is 14.7. The maximum Gasteiger partial charge on any atom is 0.231 e. The summed E-state index contributed by atoms with van der Waals surface area (Å²) in [5.74, 6) is 1.83. The third-order valence-corrected chi connectivity index (χ3v) is 6.56. The molecule has 7 nitrogen and oxygen atoms in total. The Balaban J connectivity index is 0.000000260. The lowest BCUT2D eigenvalue weighted by Crippen LogP contribution is -2.13. The molecule has 4 aromatic rings. The van der Waals surface area contributed by atoms with Gasteiger partial charge in [0.1, 0.15) is 0 Å². The zero-order valence-corrected chi connectivity index (χ0v) is 24.5. The summed E-state index contributed by atoms with van der Waals surface area (Å²) < 4.78 is 10.6. The van der Waals surface area contributed by atoms with E-state index in [1.807, 2.05) is 13.0 Å². The second-order valence-corrected chi connectivity index (χ2v) is 9.42. The SMILES string of the molecule is C/C=C(\C)c1ccc(-c2noc(C3CCN(C)C3)n2)cc1.COCc1cccc(-c2ccccc2)c1.Cl.N=CN. The zero-order chi connectivity index (χ0) is 28.0. The Kier molecular flexibility index (Phi) is 13.8. The monoisotopic (exact) mass is 561 g/mol. The fraction of sp³-hybridized carbons (Fsp3) is 0.281. The number of halogens is 1. The number of hydrogen-bond acceptors (Lipinski definition) is 6. The van der Waals surface area contributed by atoms with Crippen molar-refractivity contribution in [2.45, 2.75) is 32.8 Å². The van der Waals surface area contributed by atoms with Crippen LogP contribution in [0.1, 0.15) is 43.2 Å². The van der Waals surface area contributed by atoms with E-state index < -0.39 is 0 Å². The van der Waals surface area contributed by atoms with Gasteiger partial charge in [0.25, 0.3) is 0 Å². The summed E-state index contributed by atoms with van der Waals surface area (Å²) in [5.41, 5.74) is 11.6. The van der Waals surface area contributed by atoms with Gasteiger partial charge in [-0.1, -0.05) is 84.0 Å². The van der Waals surface area contributed by atoms with Crippen LogP contribution in [0.5, 0.6) is 0 Å².